The lowest BCUT2D eigenvalue weighted by Crippen LogP contribution is -2.51. The summed E-state index contributed by atoms with van der Waals surface area (Å²) >= 11 is 0. The number of amides is 3. The van der Waals surface area contributed by atoms with Crippen molar-refractivity contribution >= 4 is 11.9 Å². The van der Waals surface area contributed by atoms with Crippen LogP contribution < -0.4 is 5.32 Å². The Morgan fingerprint density at radius 2 is 2.21 bits per heavy atom. The van der Waals surface area contributed by atoms with Gasteiger partial charge >= 0.3 is 6.03 Å². The highest BCUT2D eigenvalue weighted by molar-refractivity contribution is 6.07. The summed E-state index contributed by atoms with van der Waals surface area (Å²) in [6.07, 6.45) is 5.38. The van der Waals surface area contributed by atoms with E-state index in [2.05, 4.69) is 5.32 Å². The van der Waals surface area contributed by atoms with E-state index < -0.39 is 5.54 Å². The number of nitrogens with zero attached hydrogens (tertiary/aromatic N) is 2. The number of carbonyl (C=O) groups excluding carboxylic acids is 2. The first-order chi connectivity index (χ1) is 11.5. The number of hydrogen-bond acceptors (Lipinski definition) is 4. The average Bonchev–Trinajstić information content (AvgIpc) is 3.22. The van der Waals surface area contributed by atoms with E-state index in [0.717, 1.165) is 32.2 Å². The molecule has 3 unspecified atom stereocenters. The average molecular weight is 331 g/mol. The predicted octanol–water partition coefficient (Wildman–Crippen LogP) is 2.35. The van der Waals surface area contributed by atoms with Crippen LogP contribution in [-0.4, -0.2) is 45.9 Å². The van der Waals surface area contributed by atoms with Crippen molar-refractivity contribution in [2.75, 3.05) is 6.54 Å². The fraction of sp³-hybridized carbons (Fsp3) is 0.667. The van der Waals surface area contributed by atoms with E-state index >= 15 is 0 Å². The summed E-state index contributed by atoms with van der Waals surface area (Å²) in [5.74, 6) is 1.08. The monoisotopic (exact) mass is 331 g/mol. The molecular weight excluding hydrogens is 306 g/mol. The van der Waals surface area contributed by atoms with Gasteiger partial charge in [-0.15, -0.1) is 0 Å². The van der Waals surface area contributed by atoms with Crippen molar-refractivity contribution in [3.63, 3.8) is 0 Å². The van der Waals surface area contributed by atoms with Crippen molar-refractivity contribution in [2.45, 2.75) is 63.7 Å². The molecule has 1 aliphatic carbocycles. The molecule has 1 aromatic rings. The first kappa shape index (κ1) is 15.7. The van der Waals surface area contributed by atoms with Gasteiger partial charge in [-0.25, -0.2) is 4.79 Å². The molecule has 130 valence electrons. The van der Waals surface area contributed by atoms with Crippen LogP contribution in [0.4, 0.5) is 4.79 Å². The van der Waals surface area contributed by atoms with Gasteiger partial charge in [0.2, 0.25) is 0 Å². The second-order valence-electron chi connectivity index (χ2n) is 7.62. The van der Waals surface area contributed by atoms with Crippen LogP contribution in [0.2, 0.25) is 0 Å². The zero-order valence-corrected chi connectivity index (χ0v) is 14.3. The van der Waals surface area contributed by atoms with Crippen LogP contribution in [0, 0.1) is 5.92 Å². The van der Waals surface area contributed by atoms with Gasteiger partial charge < -0.3 is 14.6 Å². The Hall–Kier alpha value is -1.82. The number of urea groups is 1. The number of hydrogen-bond donors (Lipinski definition) is 1. The number of piperidine rings is 1. The Labute approximate surface area is 142 Å². The number of fused-ring (bicyclic) bond motifs is 1. The molecule has 2 aliphatic heterocycles. The lowest BCUT2D eigenvalue weighted by molar-refractivity contribution is -0.134. The van der Waals surface area contributed by atoms with E-state index in [4.69, 9.17) is 4.42 Å². The molecule has 3 fully saturated rings. The summed E-state index contributed by atoms with van der Waals surface area (Å²) < 4.78 is 5.36. The Kier molecular flexibility index (Phi) is 3.67. The fourth-order valence-corrected chi connectivity index (χ4v) is 4.92. The van der Waals surface area contributed by atoms with E-state index in [-0.39, 0.29) is 24.5 Å². The van der Waals surface area contributed by atoms with E-state index in [1.807, 2.05) is 18.7 Å². The van der Waals surface area contributed by atoms with Crippen molar-refractivity contribution in [3.8, 4) is 0 Å². The lowest BCUT2D eigenvalue weighted by Gasteiger charge is -2.34. The van der Waals surface area contributed by atoms with Gasteiger partial charge in [0, 0.05) is 12.1 Å². The highest BCUT2D eigenvalue weighted by atomic mass is 16.3. The summed E-state index contributed by atoms with van der Waals surface area (Å²) in [4.78, 5) is 29.6. The van der Waals surface area contributed by atoms with Gasteiger partial charge in [-0.3, -0.25) is 9.69 Å². The Bertz CT molecular complexity index is 626. The number of nitrogens with one attached hydrogen (secondary N) is 1. The maximum atomic E-state index is 13.3. The van der Waals surface area contributed by atoms with E-state index in [1.54, 1.807) is 18.4 Å². The molecule has 0 aromatic carbocycles. The zero-order chi connectivity index (χ0) is 16.9. The van der Waals surface area contributed by atoms with Crippen LogP contribution >= 0.6 is 0 Å². The molecule has 0 bridgehead atoms. The molecule has 2 saturated heterocycles. The van der Waals surface area contributed by atoms with Gasteiger partial charge in [0.05, 0.1) is 12.8 Å². The molecule has 1 aromatic heterocycles. The summed E-state index contributed by atoms with van der Waals surface area (Å²) in [6.45, 7) is 5.23. The van der Waals surface area contributed by atoms with Crippen LogP contribution in [0.3, 0.4) is 0 Å². The molecule has 1 spiro atoms. The molecule has 6 heteroatoms. The third kappa shape index (κ3) is 2.19. The van der Waals surface area contributed by atoms with Crippen molar-refractivity contribution in [1.82, 2.24) is 15.1 Å². The second kappa shape index (κ2) is 5.62. The Morgan fingerprint density at radius 1 is 1.38 bits per heavy atom. The quantitative estimate of drug-likeness (QED) is 0.864. The van der Waals surface area contributed by atoms with Gasteiger partial charge in [0.1, 0.15) is 11.3 Å². The third-order valence-electron chi connectivity index (χ3n) is 5.84. The smallest absolute Gasteiger partial charge is 0.328 e. The van der Waals surface area contributed by atoms with Gasteiger partial charge in [0.25, 0.3) is 5.91 Å². The van der Waals surface area contributed by atoms with Crippen LogP contribution in [0.25, 0.3) is 0 Å². The highest BCUT2D eigenvalue weighted by Crippen LogP contribution is 2.48. The molecule has 1 saturated carbocycles. The largest absolute Gasteiger partial charge is 0.467 e. The minimum absolute atomic E-state index is 0.00297. The summed E-state index contributed by atoms with van der Waals surface area (Å²) in [5, 5.41) is 3.56. The number of imide groups is 1. The maximum absolute atomic E-state index is 13.3. The fourth-order valence-electron chi connectivity index (χ4n) is 4.92. The van der Waals surface area contributed by atoms with E-state index in [9.17, 15) is 9.59 Å². The molecule has 1 N–H and O–H groups in total. The van der Waals surface area contributed by atoms with Gasteiger partial charge in [-0.05, 0) is 64.1 Å². The predicted molar refractivity (Wildman–Crippen MR) is 88.1 cm³/mol. The SMILES string of the molecule is CC(C)N1C(=O)N(Cc2ccco2)C(=O)C12CC1CCCNC1C2. The molecular formula is C18H25N3O3. The molecule has 3 atom stereocenters. The summed E-state index contributed by atoms with van der Waals surface area (Å²) in [6, 6.07) is 3.76. The molecule has 3 heterocycles. The van der Waals surface area contributed by atoms with Crippen molar-refractivity contribution in [2.24, 2.45) is 5.92 Å². The topological polar surface area (TPSA) is 65.8 Å². The standard InChI is InChI=1S/C18H25N3O3/c1-12(2)21-17(23)20(11-14-6-4-8-24-14)16(22)18(21)9-13-5-3-7-19-15(13)10-18/h4,6,8,12-13,15,19H,3,5,7,9-11H2,1-2H3. The summed E-state index contributed by atoms with van der Waals surface area (Å²) in [7, 11) is 0. The molecule has 3 aliphatic rings. The van der Waals surface area contributed by atoms with Gasteiger partial charge in [0.15, 0.2) is 0 Å². The van der Waals surface area contributed by atoms with Crippen LogP contribution in [0.15, 0.2) is 22.8 Å². The van der Waals surface area contributed by atoms with Gasteiger partial charge in [-0.2, -0.15) is 0 Å². The second-order valence-corrected chi connectivity index (χ2v) is 7.62. The molecule has 4 rings (SSSR count). The molecule has 24 heavy (non-hydrogen) atoms. The minimum atomic E-state index is -0.676. The van der Waals surface area contributed by atoms with Crippen LogP contribution in [0.1, 0.15) is 45.3 Å². The minimum Gasteiger partial charge on any atom is -0.467 e. The number of rotatable bonds is 3. The highest BCUT2D eigenvalue weighted by Gasteiger charge is 2.63. The van der Waals surface area contributed by atoms with Crippen LogP contribution in [-0.2, 0) is 11.3 Å². The zero-order valence-electron chi connectivity index (χ0n) is 14.3. The maximum Gasteiger partial charge on any atom is 0.328 e. The Balaban J connectivity index is 1.67. The number of furan rings is 1. The molecule has 6 nitrogen and oxygen atoms in total. The normalized spacial score (nSPS) is 33.1. The number of carbonyl (C=O) groups is 2. The van der Waals surface area contributed by atoms with Crippen molar-refractivity contribution in [3.05, 3.63) is 24.2 Å². The third-order valence-corrected chi connectivity index (χ3v) is 5.84. The van der Waals surface area contributed by atoms with Crippen molar-refractivity contribution in [1.29, 1.82) is 0 Å². The lowest BCUT2D eigenvalue weighted by atomic mass is 9.91. The first-order valence-corrected chi connectivity index (χ1v) is 8.94. The first-order valence-electron chi connectivity index (χ1n) is 8.94. The Morgan fingerprint density at radius 3 is 2.88 bits per heavy atom. The van der Waals surface area contributed by atoms with Crippen molar-refractivity contribution < 1.29 is 14.0 Å². The summed E-state index contributed by atoms with van der Waals surface area (Å²) in [5.41, 5.74) is -0.676. The van der Waals surface area contributed by atoms with E-state index in [0.29, 0.717) is 17.7 Å². The van der Waals surface area contributed by atoms with E-state index in [1.165, 1.54) is 4.90 Å². The molecule has 3 amide bonds. The molecule has 0 radical (unpaired) electrons. The van der Waals surface area contributed by atoms with Gasteiger partial charge in [-0.1, -0.05) is 0 Å². The van der Waals surface area contributed by atoms with Crippen LogP contribution in [0.5, 0.6) is 0 Å².